The zero-order valence-corrected chi connectivity index (χ0v) is 11.2. The minimum atomic E-state index is -0.0617. The third kappa shape index (κ3) is 2.00. The first kappa shape index (κ1) is 12.9. The number of carbonyl (C=O) groups is 1. The van der Waals surface area contributed by atoms with Gasteiger partial charge in [-0.1, -0.05) is 12.1 Å². The van der Waals surface area contributed by atoms with Crippen molar-refractivity contribution < 1.29 is 9.90 Å². The molecule has 0 aliphatic heterocycles. The second-order valence-electron chi connectivity index (χ2n) is 5.05. The van der Waals surface area contributed by atoms with E-state index in [0.717, 1.165) is 24.7 Å². The van der Waals surface area contributed by atoms with Gasteiger partial charge in [0, 0.05) is 5.56 Å². The summed E-state index contributed by atoms with van der Waals surface area (Å²) in [5.74, 6) is 0.310. The minimum Gasteiger partial charge on any atom is -0.394 e. The topological polar surface area (TPSA) is 81.1 Å². The summed E-state index contributed by atoms with van der Waals surface area (Å²) in [5.41, 5.74) is 10.5. The molecule has 0 atom stereocenters. The molecule has 104 valence electrons. The number of rotatable bonds is 4. The number of hydrogen-bond acceptors (Lipinski definition) is 4. The maximum absolute atomic E-state index is 11.3. The summed E-state index contributed by atoms with van der Waals surface area (Å²) < 4.78 is 1.48. The van der Waals surface area contributed by atoms with E-state index in [1.54, 1.807) is 0 Å². The predicted octanol–water partition coefficient (Wildman–Crippen LogP) is 1.43. The molecule has 0 radical (unpaired) electrons. The highest BCUT2D eigenvalue weighted by atomic mass is 16.3. The van der Waals surface area contributed by atoms with E-state index in [9.17, 15) is 4.79 Å². The molecule has 0 saturated carbocycles. The van der Waals surface area contributed by atoms with Gasteiger partial charge in [0.2, 0.25) is 0 Å². The van der Waals surface area contributed by atoms with Crippen LogP contribution in [-0.2, 0) is 19.4 Å². The van der Waals surface area contributed by atoms with Crippen LogP contribution in [0.3, 0.4) is 0 Å². The quantitative estimate of drug-likeness (QED) is 0.824. The molecule has 0 bridgehead atoms. The number of carbonyl (C=O) groups excluding carboxylic acids is 1. The number of aldehydes is 1. The molecule has 0 fully saturated rings. The number of nitrogen functional groups attached to an aromatic ring is 1. The summed E-state index contributed by atoms with van der Waals surface area (Å²) in [6, 6.07) is 6.19. The highest BCUT2D eigenvalue weighted by molar-refractivity contribution is 5.91. The van der Waals surface area contributed by atoms with E-state index in [2.05, 4.69) is 17.2 Å². The lowest BCUT2D eigenvalue weighted by atomic mass is 10.0. The summed E-state index contributed by atoms with van der Waals surface area (Å²) in [6.45, 7) is 0.228. The Balaban J connectivity index is 2.09. The zero-order chi connectivity index (χ0) is 14.1. The first-order valence-electron chi connectivity index (χ1n) is 6.79. The van der Waals surface area contributed by atoms with Crippen LogP contribution in [0.5, 0.6) is 0 Å². The fraction of sp³-hybridized carbons (Fsp3) is 0.333. The van der Waals surface area contributed by atoms with E-state index in [-0.39, 0.29) is 13.2 Å². The number of fused-ring (bicyclic) bond motifs is 1. The van der Waals surface area contributed by atoms with E-state index in [4.69, 9.17) is 10.8 Å². The van der Waals surface area contributed by atoms with Gasteiger partial charge in [-0.25, -0.2) is 4.68 Å². The zero-order valence-electron chi connectivity index (χ0n) is 11.2. The number of aryl methyl sites for hydroxylation is 2. The van der Waals surface area contributed by atoms with Crippen molar-refractivity contribution in [1.29, 1.82) is 0 Å². The summed E-state index contributed by atoms with van der Waals surface area (Å²) in [4.78, 5) is 11.3. The van der Waals surface area contributed by atoms with Crippen molar-refractivity contribution in [3.8, 4) is 11.3 Å². The molecule has 3 N–H and O–H groups in total. The Morgan fingerprint density at radius 2 is 2.15 bits per heavy atom. The molecule has 0 unspecified atom stereocenters. The number of aliphatic hydroxyl groups is 1. The number of anilines is 1. The van der Waals surface area contributed by atoms with Gasteiger partial charge in [0.25, 0.3) is 0 Å². The van der Waals surface area contributed by atoms with Gasteiger partial charge in [0.15, 0.2) is 6.29 Å². The molecular formula is C15H17N3O2. The summed E-state index contributed by atoms with van der Waals surface area (Å²) in [5, 5.41) is 13.4. The van der Waals surface area contributed by atoms with Crippen molar-refractivity contribution in [3.05, 3.63) is 34.9 Å². The molecule has 5 heteroatoms. The van der Waals surface area contributed by atoms with Gasteiger partial charge < -0.3 is 10.8 Å². The Bertz CT molecular complexity index is 661. The fourth-order valence-electron chi connectivity index (χ4n) is 2.80. The highest BCUT2D eigenvalue weighted by Crippen LogP contribution is 2.30. The third-order valence-corrected chi connectivity index (χ3v) is 3.83. The minimum absolute atomic E-state index is 0.0617. The van der Waals surface area contributed by atoms with Crippen LogP contribution in [0, 0.1) is 0 Å². The Morgan fingerprint density at radius 3 is 2.90 bits per heavy atom. The molecule has 1 aliphatic rings. The lowest BCUT2D eigenvalue weighted by molar-refractivity contribution is 0.112. The smallest absolute Gasteiger partial charge is 0.156 e. The van der Waals surface area contributed by atoms with Crippen molar-refractivity contribution in [2.75, 3.05) is 12.3 Å². The normalized spacial score (nSPS) is 13.4. The lowest BCUT2D eigenvalue weighted by Crippen LogP contribution is -2.08. The summed E-state index contributed by atoms with van der Waals surface area (Å²) in [6.07, 6.45) is 4.11. The van der Waals surface area contributed by atoms with Crippen LogP contribution in [0.1, 0.15) is 27.9 Å². The predicted molar refractivity (Wildman–Crippen MR) is 76.6 cm³/mol. The standard InChI is InChI=1S/C15H17N3O2/c16-15-13(9-20)14(17-18(15)6-7-19)12-5-4-10-2-1-3-11(10)8-12/h4-5,8-9,19H,1-3,6-7,16H2. The number of hydrogen-bond donors (Lipinski definition) is 2. The van der Waals surface area contributed by atoms with Crippen molar-refractivity contribution in [1.82, 2.24) is 9.78 Å². The maximum atomic E-state index is 11.3. The average molecular weight is 271 g/mol. The van der Waals surface area contributed by atoms with Gasteiger partial charge >= 0.3 is 0 Å². The number of nitrogens with two attached hydrogens (primary N) is 1. The van der Waals surface area contributed by atoms with Gasteiger partial charge in [-0.3, -0.25) is 4.79 Å². The first-order valence-corrected chi connectivity index (χ1v) is 6.79. The summed E-state index contributed by atoms with van der Waals surface area (Å²) in [7, 11) is 0. The van der Waals surface area contributed by atoms with Crippen LogP contribution in [0.25, 0.3) is 11.3 Å². The fourth-order valence-corrected chi connectivity index (χ4v) is 2.80. The highest BCUT2D eigenvalue weighted by Gasteiger charge is 2.18. The molecule has 20 heavy (non-hydrogen) atoms. The number of nitrogens with zero attached hydrogens (tertiary/aromatic N) is 2. The van der Waals surface area contributed by atoms with E-state index in [1.165, 1.54) is 22.2 Å². The van der Waals surface area contributed by atoms with Gasteiger partial charge in [-0.05, 0) is 36.5 Å². The lowest BCUT2D eigenvalue weighted by Gasteiger charge is -2.03. The van der Waals surface area contributed by atoms with E-state index >= 15 is 0 Å². The van der Waals surface area contributed by atoms with Gasteiger partial charge in [0.1, 0.15) is 11.5 Å². The van der Waals surface area contributed by atoms with Crippen LogP contribution < -0.4 is 5.73 Å². The van der Waals surface area contributed by atoms with Gasteiger partial charge in [0.05, 0.1) is 18.7 Å². The number of benzene rings is 1. The molecular weight excluding hydrogens is 254 g/mol. The van der Waals surface area contributed by atoms with Crippen LogP contribution in [0.15, 0.2) is 18.2 Å². The molecule has 1 aliphatic carbocycles. The number of aromatic nitrogens is 2. The van der Waals surface area contributed by atoms with Crippen molar-refractivity contribution in [3.63, 3.8) is 0 Å². The van der Waals surface area contributed by atoms with Crippen molar-refractivity contribution in [2.45, 2.75) is 25.8 Å². The van der Waals surface area contributed by atoms with Crippen molar-refractivity contribution in [2.24, 2.45) is 0 Å². The van der Waals surface area contributed by atoms with Crippen LogP contribution in [-0.4, -0.2) is 27.8 Å². The largest absolute Gasteiger partial charge is 0.394 e. The third-order valence-electron chi connectivity index (χ3n) is 3.83. The SMILES string of the molecule is Nc1c(C=O)c(-c2ccc3c(c2)CCC3)nn1CCO. The number of aliphatic hydroxyl groups excluding tert-OH is 1. The van der Waals surface area contributed by atoms with Gasteiger partial charge in [-0.15, -0.1) is 0 Å². The summed E-state index contributed by atoms with van der Waals surface area (Å²) >= 11 is 0. The molecule has 1 heterocycles. The molecule has 0 spiro atoms. The molecule has 1 aromatic heterocycles. The maximum Gasteiger partial charge on any atom is 0.156 e. The van der Waals surface area contributed by atoms with Crippen LogP contribution >= 0.6 is 0 Å². The van der Waals surface area contributed by atoms with Gasteiger partial charge in [-0.2, -0.15) is 5.10 Å². The monoisotopic (exact) mass is 271 g/mol. The molecule has 0 amide bonds. The molecule has 5 nitrogen and oxygen atoms in total. The Kier molecular flexibility index (Phi) is 3.28. The molecule has 3 rings (SSSR count). The van der Waals surface area contributed by atoms with Crippen molar-refractivity contribution >= 4 is 12.1 Å². The Labute approximate surface area is 117 Å². The first-order chi connectivity index (χ1) is 9.74. The Hall–Kier alpha value is -2.14. The Morgan fingerprint density at radius 1 is 1.35 bits per heavy atom. The van der Waals surface area contributed by atoms with Crippen LogP contribution in [0.2, 0.25) is 0 Å². The second kappa shape index (κ2) is 5.09. The van der Waals surface area contributed by atoms with Crippen LogP contribution in [0.4, 0.5) is 5.82 Å². The second-order valence-corrected chi connectivity index (χ2v) is 5.05. The van der Waals surface area contributed by atoms with E-state index < -0.39 is 0 Å². The molecule has 1 aromatic carbocycles. The average Bonchev–Trinajstić information content (AvgIpc) is 3.03. The van der Waals surface area contributed by atoms with E-state index in [0.29, 0.717) is 17.1 Å². The molecule has 2 aromatic rings. The van der Waals surface area contributed by atoms with E-state index in [1.807, 2.05) is 6.07 Å². The molecule has 0 saturated heterocycles.